The second-order valence-electron chi connectivity index (χ2n) is 7.53. The number of anilines is 3. The van der Waals surface area contributed by atoms with Gasteiger partial charge in [-0.25, -0.2) is 4.90 Å². The Morgan fingerprint density at radius 3 is 2.31 bits per heavy atom. The molecule has 1 aliphatic heterocycles. The number of ether oxygens (including phenoxy) is 1. The van der Waals surface area contributed by atoms with E-state index in [1.165, 1.54) is 4.90 Å². The fourth-order valence-electron chi connectivity index (χ4n) is 3.65. The molecule has 1 aliphatic rings. The van der Waals surface area contributed by atoms with Crippen LogP contribution in [0.4, 0.5) is 17.1 Å². The lowest BCUT2D eigenvalue weighted by molar-refractivity contribution is -0.120. The maximum absolute atomic E-state index is 13.6. The summed E-state index contributed by atoms with van der Waals surface area (Å²) in [6.45, 7) is 2.38. The molecule has 32 heavy (non-hydrogen) atoms. The van der Waals surface area contributed by atoms with E-state index in [-0.39, 0.29) is 11.6 Å². The number of nitrogens with zero attached hydrogens (tertiary/aromatic N) is 2. The molecule has 2 amide bonds. The van der Waals surface area contributed by atoms with Crippen molar-refractivity contribution in [1.29, 1.82) is 0 Å². The van der Waals surface area contributed by atoms with Gasteiger partial charge in [0.15, 0.2) is 0 Å². The second kappa shape index (κ2) is 8.98. The van der Waals surface area contributed by atoms with E-state index in [0.29, 0.717) is 34.9 Å². The van der Waals surface area contributed by atoms with Crippen molar-refractivity contribution in [3.63, 3.8) is 0 Å². The van der Waals surface area contributed by atoms with Crippen molar-refractivity contribution in [2.75, 3.05) is 35.8 Å². The van der Waals surface area contributed by atoms with Crippen LogP contribution in [-0.4, -0.2) is 32.5 Å². The molecule has 0 unspecified atom stereocenters. The zero-order chi connectivity index (χ0) is 22.7. The molecule has 0 saturated heterocycles. The van der Waals surface area contributed by atoms with E-state index < -0.39 is 5.91 Å². The van der Waals surface area contributed by atoms with Crippen molar-refractivity contribution >= 4 is 34.4 Å². The summed E-state index contributed by atoms with van der Waals surface area (Å²) in [6.07, 6.45) is 0. The van der Waals surface area contributed by atoms with E-state index in [2.05, 4.69) is 5.32 Å². The molecular formula is C26H25N3O3. The molecule has 6 heteroatoms. The highest BCUT2D eigenvalue weighted by Crippen LogP contribution is 2.36. The maximum Gasteiger partial charge on any atom is 0.282 e. The third-order valence-corrected chi connectivity index (χ3v) is 5.20. The van der Waals surface area contributed by atoms with Crippen LogP contribution in [0.3, 0.4) is 0 Å². The molecule has 0 aliphatic carbocycles. The van der Waals surface area contributed by atoms with Crippen LogP contribution in [0, 0.1) is 0 Å². The Balaban J connectivity index is 1.81. The zero-order valence-electron chi connectivity index (χ0n) is 18.3. The van der Waals surface area contributed by atoms with Crippen LogP contribution in [0.15, 0.2) is 84.6 Å². The largest absolute Gasteiger partial charge is 0.492 e. The number of carbonyl (C=O) groups is 2. The van der Waals surface area contributed by atoms with Crippen molar-refractivity contribution < 1.29 is 14.3 Å². The van der Waals surface area contributed by atoms with E-state index in [1.807, 2.05) is 98.7 Å². The van der Waals surface area contributed by atoms with Crippen LogP contribution in [0.2, 0.25) is 0 Å². The highest BCUT2D eigenvalue weighted by Gasteiger charge is 2.40. The van der Waals surface area contributed by atoms with Crippen LogP contribution in [-0.2, 0) is 9.59 Å². The highest BCUT2D eigenvalue weighted by atomic mass is 16.5. The summed E-state index contributed by atoms with van der Waals surface area (Å²) in [5, 5.41) is 3.19. The molecule has 0 saturated carbocycles. The SMILES string of the molecule is CCOc1ccccc1NC1=C(c2ccccc2)C(=O)N(c2cccc(N(C)C)c2)C1=O. The third kappa shape index (κ3) is 3.95. The summed E-state index contributed by atoms with van der Waals surface area (Å²) in [4.78, 5) is 30.3. The second-order valence-corrected chi connectivity index (χ2v) is 7.53. The molecule has 0 atom stereocenters. The molecule has 0 spiro atoms. The van der Waals surface area contributed by atoms with Gasteiger partial charge < -0.3 is 15.0 Å². The first kappa shape index (κ1) is 21.2. The van der Waals surface area contributed by atoms with Gasteiger partial charge in [-0.3, -0.25) is 9.59 Å². The van der Waals surface area contributed by atoms with Crippen molar-refractivity contribution in [1.82, 2.24) is 0 Å². The van der Waals surface area contributed by atoms with Gasteiger partial charge in [0.05, 0.1) is 23.6 Å². The van der Waals surface area contributed by atoms with Gasteiger partial charge in [0.1, 0.15) is 11.4 Å². The van der Waals surface area contributed by atoms with Gasteiger partial charge in [-0.1, -0.05) is 48.5 Å². The number of amides is 2. The van der Waals surface area contributed by atoms with Gasteiger partial charge in [0, 0.05) is 19.8 Å². The molecule has 162 valence electrons. The monoisotopic (exact) mass is 427 g/mol. The summed E-state index contributed by atoms with van der Waals surface area (Å²) in [6, 6.07) is 24.0. The van der Waals surface area contributed by atoms with Crippen molar-refractivity contribution in [2.45, 2.75) is 6.92 Å². The minimum absolute atomic E-state index is 0.226. The summed E-state index contributed by atoms with van der Waals surface area (Å²) in [5.41, 5.74) is 3.28. The molecule has 0 fully saturated rings. The van der Waals surface area contributed by atoms with Crippen LogP contribution in [0.25, 0.3) is 5.57 Å². The zero-order valence-corrected chi connectivity index (χ0v) is 18.3. The number of rotatable bonds is 7. The fourth-order valence-corrected chi connectivity index (χ4v) is 3.65. The average Bonchev–Trinajstić information content (AvgIpc) is 3.05. The van der Waals surface area contributed by atoms with Gasteiger partial charge >= 0.3 is 0 Å². The number of hydrogen-bond acceptors (Lipinski definition) is 5. The Bertz CT molecular complexity index is 1190. The average molecular weight is 428 g/mol. The lowest BCUT2D eigenvalue weighted by atomic mass is 10.0. The van der Waals surface area contributed by atoms with Crippen LogP contribution in [0.5, 0.6) is 5.75 Å². The van der Waals surface area contributed by atoms with Gasteiger partial charge in [-0.05, 0) is 42.8 Å². The van der Waals surface area contributed by atoms with E-state index in [0.717, 1.165) is 5.69 Å². The van der Waals surface area contributed by atoms with Crippen LogP contribution < -0.4 is 19.9 Å². The predicted octanol–water partition coefficient (Wildman–Crippen LogP) is 4.55. The highest BCUT2D eigenvalue weighted by molar-refractivity contribution is 6.46. The molecular weight excluding hydrogens is 402 g/mol. The minimum atomic E-state index is -0.406. The first-order valence-corrected chi connectivity index (χ1v) is 10.5. The van der Waals surface area contributed by atoms with Gasteiger partial charge in [0.2, 0.25) is 0 Å². The molecule has 0 bridgehead atoms. The van der Waals surface area contributed by atoms with Crippen molar-refractivity contribution in [2.24, 2.45) is 0 Å². The summed E-state index contributed by atoms with van der Waals surface area (Å²) in [5.74, 6) is -0.159. The quantitative estimate of drug-likeness (QED) is 0.561. The molecule has 3 aromatic carbocycles. The maximum atomic E-state index is 13.6. The standard InChI is InChI=1S/C26H25N3O3/c1-4-32-22-16-9-8-15-21(22)27-24-23(18-11-6-5-7-12-18)25(30)29(26(24)31)20-14-10-13-19(17-20)28(2)3/h5-17,27H,4H2,1-3H3. The first-order chi connectivity index (χ1) is 15.5. The molecule has 0 radical (unpaired) electrons. The Morgan fingerprint density at radius 1 is 0.875 bits per heavy atom. The van der Waals surface area contributed by atoms with Gasteiger partial charge in [0.25, 0.3) is 11.8 Å². The number of hydrogen-bond donors (Lipinski definition) is 1. The van der Waals surface area contributed by atoms with Gasteiger partial charge in [-0.2, -0.15) is 0 Å². The Hall–Kier alpha value is -4.06. The van der Waals surface area contributed by atoms with E-state index >= 15 is 0 Å². The normalized spacial score (nSPS) is 13.5. The van der Waals surface area contributed by atoms with Crippen LogP contribution in [0.1, 0.15) is 12.5 Å². The third-order valence-electron chi connectivity index (χ3n) is 5.20. The molecule has 0 aromatic heterocycles. The van der Waals surface area contributed by atoms with E-state index in [4.69, 9.17) is 4.74 Å². The smallest absolute Gasteiger partial charge is 0.282 e. The molecule has 6 nitrogen and oxygen atoms in total. The minimum Gasteiger partial charge on any atom is -0.492 e. The fraction of sp³-hybridized carbons (Fsp3) is 0.154. The van der Waals surface area contributed by atoms with Crippen LogP contribution >= 0.6 is 0 Å². The predicted molar refractivity (Wildman–Crippen MR) is 128 cm³/mol. The topological polar surface area (TPSA) is 61.9 Å². The first-order valence-electron chi connectivity index (χ1n) is 10.5. The summed E-state index contributed by atoms with van der Waals surface area (Å²) >= 11 is 0. The molecule has 4 rings (SSSR count). The van der Waals surface area contributed by atoms with Gasteiger partial charge in [-0.15, -0.1) is 0 Å². The number of benzene rings is 3. The number of carbonyl (C=O) groups excluding carboxylic acids is 2. The van der Waals surface area contributed by atoms with E-state index in [9.17, 15) is 9.59 Å². The molecule has 1 heterocycles. The Morgan fingerprint density at radius 2 is 1.59 bits per heavy atom. The Kier molecular flexibility index (Phi) is 5.94. The van der Waals surface area contributed by atoms with E-state index in [1.54, 1.807) is 6.07 Å². The number of nitrogens with one attached hydrogen (secondary N) is 1. The lowest BCUT2D eigenvalue weighted by Gasteiger charge is -2.19. The summed E-state index contributed by atoms with van der Waals surface area (Å²) in [7, 11) is 3.83. The van der Waals surface area contributed by atoms with Crippen molar-refractivity contribution in [3.8, 4) is 5.75 Å². The Labute approximate surface area is 187 Å². The number of imide groups is 1. The lowest BCUT2D eigenvalue weighted by Crippen LogP contribution is -2.32. The van der Waals surface area contributed by atoms with Crippen molar-refractivity contribution in [3.05, 3.63) is 90.1 Å². The number of para-hydroxylation sites is 2. The summed E-state index contributed by atoms with van der Waals surface area (Å²) < 4.78 is 5.70. The molecule has 3 aromatic rings. The molecule has 1 N–H and O–H groups in total.